The van der Waals surface area contributed by atoms with Crippen molar-refractivity contribution in [3.63, 3.8) is 0 Å². The van der Waals surface area contributed by atoms with Crippen molar-refractivity contribution in [2.45, 2.75) is 38.1 Å². The summed E-state index contributed by atoms with van der Waals surface area (Å²) in [6, 6.07) is 4.28. The highest BCUT2D eigenvalue weighted by atomic mass is 16.3. The number of nitrogens with zero attached hydrogens (tertiary/aromatic N) is 2. The van der Waals surface area contributed by atoms with Gasteiger partial charge in [0.15, 0.2) is 0 Å². The summed E-state index contributed by atoms with van der Waals surface area (Å²) in [5, 5.41) is 11.3. The van der Waals surface area contributed by atoms with E-state index in [1.54, 1.807) is 12.1 Å². The molecule has 0 radical (unpaired) electrons. The molecule has 0 spiro atoms. The number of hydrogen-bond acceptors (Lipinski definition) is 6. The number of amides is 4. The fourth-order valence-corrected chi connectivity index (χ4v) is 4.32. The van der Waals surface area contributed by atoms with Crippen LogP contribution in [0.4, 0.5) is 5.69 Å². The van der Waals surface area contributed by atoms with Crippen LogP contribution in [0.5, 0.6) is 0 Å². The van der Waals surface area contributed by atoms with Crippen LogP contribution in [-0.2, 0) is 9.59 Å². The van der Waals surface area contributed by atoms with Gasteiger partial charge in [0, 0.05) is 31.8 Å². The molecule has 2 N–H and O–H groups in total. The fourth-order valence-electron chi connectivity index (χ4n) is 4.32. The van der Waals surface area contributed by atoms with E-state index in [-0.39, 0.29) is 25.4 Å². The summed E-state index contributed by atoms with van der Waals surface area (Å²) in [5.41, 5.74) is 1.49. The molecule has 28 heavy (non-hydrogen) atoms. The standard InChI is InChI=1S/C20H23N3O5/c24-10-7-12-5-8-22(9-6-12)13-1-2-14-15(11-13)20(28)23(19(14)27)16-3-4-17(25)21-18(16)26/h1-2,11-12,16,24H,3-10H2,(H,21,25,26). The van der Waals surface area contributed by atoms with Crippen molar-refractivity contribution in [1.82, 2.24) is 10.2 Å². The molecule has 8 nitrogen and oxygen atoms in total. The van der Waals surface area contributed by atoms with Gasteiger partial charge in [0.25, 0.3) is 11.8 Å². The first-order valence-electron chi connectivity index (χ1n) is 9.71. The van der Waals surface area contributed by atoms with Crippen molar-refractivity contribution < 1.29 is 24.3 Å². The molecule has 1 atom stereocenters. The lowest BCUT2D eigenvalue weighted by atomic mass is 9.93. The summed E-state index contributed by atoms with van der Waals surface area (Å²) >= 11 is 0. The van der Waals surface area contributed by atoms with Crippen molar-refractivity contribution in [1.29, 1.82) is 0 Å². The molecule has 0 aliphatic carbocycles. The summed E-state index contributed by atoms with van der Waals surface area (Å²) in [4.78, 5) is 52.3. The van der Waals surface area contributed by atoms with E-state index in [1.165, 1.54) is 0 Å². The lowest BCUT2D eigenvalue weighted by molar-refractivity contribution is -0.136. The highest BCUT2D eigenvalue weighted by Gasteiger charge is 2.44. The molecule has 3 aliphatic heterocycles. The Hall–Kier alpha value is -2.74. The third-order valence-electron chi connectivity index (χ3n) is 5.94. The number of anilines is 1. The van der Waals surface area contributed by atoms with Crippen LogP contribution in [-0.4, -0.2) is 59.4 Å². The number of aliphatic hydroxyl groups excluding tert-OH is 1. The number of aliphatic hydroxyl groups is 1. The largest absolute Gasteiger partial charge is 0.396 e. The van der Waals surface area contributed by atoms with Crippen molar-refractivity contribution in [3.8, 4) is 0 Å². The van der Waals surface area contributed by atoms with E-state index < -0.39 is 23.8 Å². The second kappa shape index (κ2) is 7.35. The Bertz CT molecular complexity index is 844. The maximum Gasteiger partial charge on any atom is 0.262 e. The Labute approximate surface area is 162 Å². The molecule has 0 saturated carbocycles. The molecule has 3 heterocycles. The Morgan fingerprint density at radius 1 is 1.00 bits per heavy atom. The SMILES string of the molecule is O=C1CCC(N2C(=O)c3ccc(N4CCC(CCO)CC4)cc3C2=O)C(=O)N1. The molecule has 8 heteroatoms. The molecule has 1 aromatic rings. The first-order valence-corrected chi connectivity index (χ1v) is 9.71. The van der Waals surface area contributed by atoms with Crippen molar-refractivity contribution in [2.75, 3.05) is 24.6 Å². The molecule has 1 aromatic carbocycles. The van der Waals surface area contributed by atoms with E-state index >= 15 is 0 Å². The minimum atomic E-state index is -0.942. The van der Waals surface area contributed by atoms with Gasteiger partial charge < -0.3 is 10.0 Å². The summed E-state index contributed by atoms with van der Waals surface area (Å²) in [6.07, 6.45) is 3.03. The Morgan fingerprint density at radius 2 is 1.71 bits per heavy atom. The normalized spacial score (nSPS) is 23.2. The number of benzene rings is 1. The van der Waals surface area contributed by atoms with Gasteiger partial charge in [-0.2, -0.15) is 0 Å². The van der Waals surface area contributed by atoms with Crippen LogP contribution >= 0.6 is 0 Å². The molecule has 148 valence electrons. The van der Waals surface area contributed by atoms with Gasteiger partial charge in [-0.15, -0.1) is 0 Å². The summed E-state index contributed by atoms with van der Waals surface area (Å²) in [7, 11) is 0. The lowest BCUT2D eigenvalue weighted by Gasteiger charge is -2.33. The van der Waals surface area contributed by atoms with Gasteiger partial charge in [0.1, 0.15) is 6.04 Å². The number of piperidine rings is 2. The smallest absolute Gasteiger partial charge is 0.262 e. The van der Waals surface area contributed by atoms with Gasteiger partial charge in [-0.1, -0.05) is 0 Å². The quantitative estimate of drug-likeness (QED) is 0.739. The van der Waals surface area contributed by atoms with E-state index in [0.717, 1.165) is 42.9 Å². The maximum absolute atomic E-state index is 12.9. The number of hydrogen-bond donors (Lipinski definition) is 2. The van der Waals surface area contributed by atoms with E-state index in [2.05, 4.69) is 10.2 Å². The third-order valence-corrected chi connectivity index (χ3v) is 5.94. The average Bonchev–Trinajstić information content (AvgIpc) is 2.93. The average molecular weight is 385 g/mol. The predicted molar refractivity (Wildman–Crippen MR) is 99.8 cm³/mol. The first-order chi connectivity index (χ1) is 13.5. The van der Waals surface area contributed by atoms with Crippen LogP contribution in [0, 0.1) is 5.92 Å². The zero-order valence-electron chi connectivity index (χ0n) is 15.5. The Morgan fingerprint density at radius 3 is 2.39 bits per heavy atom. The maximum atomic E-state index is 12.9. The second-order valence-electron chi connectivity index (χ2n) is 7.62. The number of imide groups is 2. The van der Waals surface area contributed by atoms with Gasteiger partial charge in [-0.25, -0.2) is 0 Å². The molecule has 4 amide bonds. The summed E-state index contributed by atoms with van der Waals surface area (Å²) < 4.78 is 0. The van der Waals surface area contributed by atoms with Gasteiger partial charge >= 0.3 is 0 Å². The number of nitrogens with one attached hydrogen (secondary N) is 1. The van der Waals surface area contributed by atoms with Crippen LogP contribution in [0.3, 0.4) is 0 Å². The lowest BCUT2D eigenvalue weighted by Crippen LogP contribution is -2.54. The van der Waals surface area contributed by atoms with Crippen molar-refractivity contribution >= 4 is 29.3 Å². The van der Waals surface area contributed by atoms with Gasteiger partial charge in [0.2, 0.25) is 11.8 Å². The van der Waals surface area contributed by atoms with Crippen LogP contribution in [0.25, 0.3) is 0 Å². The van der Waals surface area contributed by atoms with Gasteiger partial charge in [-0.05, 0) is 49.8 Å². The minimum Gasteiger partial charge on any atom is -0.396 e. The number of fused-ring (bicyclic) bond motifs is 1. The summed E-state index contributed by atoms with van der Waals surface area (Å²) in [6.45, 7) is 1.88. The van der Waals surface area contributed by atoms with Crippen LogP contribution < -0.4 is 10.2 Å². The van der Waals surface area contributed by atoms with Crippen LogP contribution in [0.1, 0.15) is 52.8 Å². The molecule has 3 aliphatic rings. The van der Waals surface area contributed by atoms with Gasteiger partial charge in [0.05, 0.1) is 11.1 Å². The topological polar surface area (TPSA) is 107 Å². The van der Waals surface area contributed by atoms with E-state index in [9.17, 15) is 19.2 Å². The highest BCUT2D eigenvalue weighted by molar-refractivity contribution is 6.23. The number of carbonyl (C=O) groups excluding carboxylic acids is 4. The molecule has 0 aromatic heterocycles. The Balaban J connectivity index is 1.53. The minimum absolute atomic E-state index is 0.109. The predicted octanol–water partition coefficient (Wildman–Crippen LogP) is 0.687. The Kier molecular flexibility index (Phi) is 4.89. The second-order valence-corrected chi connectivity index (χ2v) is 7.62. The molecule has 2 fully saturated rings. The third kappa shape index (κ3) is 3.17. The van der Waals surface area contributed by atoms with Crippen molar-refractivity contribution in [3.05, 3.63) is 29.3 Å². The first kappa shape index (κ1) is 18.6. The van der Waals surface area contributed by atoms with E-state index in [0.29, 0.717) is 17.0 Å². The number of rotatable bonds is 4. The van der Waals surface area contributed by atoms with Crippen LogP contribution in [0.15, 0.2) is 18.2 Å². The molecule has 4 rings (SSSR count). The highest BCUT2D eigenvalue weighted by Crippen LogP contribution is 2.32. The van der Waals surface area contributed by atoms with Gasteiger partial charge in [-0.3, -0.25) is 29.4 Å². The fraction of sp³-hybridized carbons (Fsp3) is 0.500. The van der Waals surface area contributed by atoms with E-state index in [1.807, 2.05) is 6.07 Å². The zero-order valence-corrected chi connectivity index (χ0v) is 15.5. The van der Waals surface area contributed by atoms with E-state index in [4.69, 9.17) is 5.11 Å². The number of carbonyl (C=O) groups is 4. The monoisotopic (exact) mass is 385 g/mol. The molecule has 0 bridgehead atoms. The molecular weight excluding hydrogens is 362 g/mol. The zero-order chi connectivity index (χ0) is 19.8. The molecule has 2 saturated heterocycles. The molecular formula is C20H23N3O5. The summed E-state index contributed by atoms with van der Waals surface area (Å²) in [5.74, 6) is -1.43. The van der Waals surface area contributed by atoms with Crippen LogP contribution in [0.2, 0.25) is 0 Å². The molecule has 1 unspecified atom stereocenters. The van der Waals surface area contributed by atoms with Crippen molar-refractivity contribution in [2.24, 2.45) is 5.92 Å².